The zero-order valence-electron chi connectivity index (χ0n) is 9.87. The van der Waals surface area contributed by atoms with Crippen molar-refractivity contribution in [3.63, 3.8) is 0 Å². The third kappa shape index (κ3) is 1.86. The number of benzene rings is 1. The summed E-state index contributed by atoms with van der Waals surface area (Å²) < 4.78 is 5.37. The van der Waals surface area contributed by atoms with Crippen LogP contribution in [0.15, 0.2) is 53.3 Å². The standard InChI is InChI=1S/C13H12N4O/c1-17(13-6-3-7-18-13)11-5-2-4-10(8-11)12-9-14-16-15-12/h2-9H,1H3,(H,14,15,16). The van der Waals surface area contributed by atoms with Crippen LogP contribution in [0.4, 0.5) is 11.6 Å². The molecule has 0 aliphatic heterocycles. The zero-order chi connectivity index (χ0) is 12.4. The van der Waals surface area contributed by atoms with E-state index in [0.29, 0.717) is 0 Å². The van der Waals surface area contributed by atoms with Gasteiger partial charge < -0.3 is 9.32 Å². The number of furan rings is 1. The molecule has 1 aromatic carbocycles. The third-order valence-electron chi connectivity index (χ3n) is 2.78. The van der Waals surface area contributed by atoms with Crippen molar-refractivity contribution < 1.29 is 4.42 Å². The second-order valence-electron chi connectivity index (χ2n) is 3.92. The molecule has 0 spiro atoms. The lowest BCUT2D eigenvalue weighted by molar-refractivity contribution is 0.570. The number of anilines is 2. The van der Waals surface area contributed by atoms with E-state index < -0.39 is 0 Å². The fourth-order valence-corrected chi connectivity index (χ4v) is 1.80. The first kappa shape index (κ1) is 10.6. The Morgan fingerprint density at radius 3 is 2.89 bits per heavy atom. The number of H-pyrrole nitrogens is 1. The number of nitrogens with one attached hydrogen (secondary N) is 1. The highest BCUT2D eigenvalue weighted by Gasteiger charge is 2.08. The maximum atomic E-state index is 5.37. The van der Waals surface area contributed by atoms with E-state index in [2.05, 4.69) is 15.4 Å². The second kappa shape index (κ2) is 4.37. The maximum absolute atomic E-state index is 5.37. The Hall–Kier alpha value is -2.56. The van der Waals surface area contributed by atoms with Crippen LogP contribution in [-0.4, -0.2) is 22.5 Å². The normalized spacial score (nSPS) is 10.5. The van der Waals surface area contributed by atoms with Gasteiger partial charge in [0, 0.05) is 24.4 Å². The first-order valence-corrected chi connectivity index (χ1v) is 5.58. The lowest BCUT2D eigenvalue weighted by Gasteiger charge is -2.16. The molecule has 0 radical (unpaired) electrons. The summed E-state index contributed by atoms with van der Waals surface area (Å²) >= 11 is 0. The Kier molecular flexibility index (Phi) is 2.57. The summed E-state index contributed by atoms with van der Waals surface area (Å²) in [4.78, 5) is 1.98. The lowest BCUT2D eigenvalue weighted by Crippen LogP contribution is -2.08. The summed E-state index contributed by atoms with van der Waals surface area (Å²) in [5, 5.41) is 10.5. The van der Waals surface area contributed by atoms with Crippen molar-refractivity contribution in [2.45, 2.75) is 0 Å². The number of nitrogens with zero attached hydrogens (tertiary/aromatic N) is 3. The van der Waals surface area contributed by atoms with Crippen molar-refractivity contribution in [1.29, 1.82) is 0 Å². The monoisotopic (exact) mass is 240 g/mol. The number of hydrogen-bond acceptors (Lipinski definition) is 4. The van der Waals surface area contributed by atoms with Crippen LogP contribution in [0.3, 0.4) is 0 Å². The molecule has 0 saturated heterocycles. The molecule has 3 aromatic rings. The van der Waals surface area contributed by atoms with Crippen LogP contribution in [0.2, 0.25) is 0 Å². The molecule has 3 rings (SSSR count). The first-order valence-electron chi connectivity index (χ1n) is 5.58. The van der Waals surface area contributed by atoms with Crippen molar-refractivity contribution in [1.82, 2.24) is 15.4 Å². The number of aromatic nitrogens is 3. The average Bonchev–Trinajstić information content (AvgIpc) is 3.11. The smallest absolute Gasteiger partial charge is 0.199 e. The van der Waals surface area contributed by atoms with E-state index in [1.807, 2.05) is 48.3 Å². The van der Waals surface area contributed by atoms with Crippen LogP contribution in [0, 0.1) is 0 Å². The van der Waals surface area contributed by atoms with Gasteiger partial charge in [0.2, 0.25) is 0 Å². The summed E-state index contributed by atoms with van der Waals surface area (Å²) in [6, 6.07) is 11.8. The minimum absolute atomic E-state index is 0.798. The van der Waals surface area contributed by atoms with E-state index in [1.165, 1.54) is 0 Å². The summed E-state index contributed by atoms with van der Waals surface area (Å²) in [5.74, 6) is 0.798. The molecule has 0 bridgehead atoms. The van der Waals surface area contributed by atoms with Crippen molar-refractivity contribution in [3.05, 3.63) is 48.9 Å². The molecule has 5 heteroatoms. The van der Waals surface area contributed by atoms with Gasteiger partial charge >= 0.3 is 0 Å². The van der Waals surface area contributed by atoms with Crippen molar-refractivity contribution in [2.24, 2.45) is 0 Å². The second-order valence-corrected chi connectivity index (χ2v) is 3.92. The van der Waals surface area contributed by atoms with Crippen LogP contribution in [-0.2, 0) is 0 Å². The number of hydrogen-bond donors (Lipinski definition) is 1. The van der Waals surface area contributed by atoms with E-state index in [1.54, 1.807) is 12.5 Å². The zero-order valence-corrected chi connectivity index (χ0v) is 9.87. The molecule has 0 atom stereocenters. The molecule has 2 heterocycles. The fraction of sp³-hybridized carbons (Fsp3) is 0.0769. The van der Waals surface area contributed by atoms with Gasteiger partial charge in [0.15, 0.2) is 5.88 Å². The molecule has 0 fully saturated rings. The minimum Gasteiger partial charge on any atom is -0.448 e. The van der Waals surface area contributed by atoms with Crippen LogP contribution in [0.25, 0.3) is 11.3 Å². The minimum atomic E-state index is 0.798. The Morgan fingerprint density at radius 1 is 1.22 bits per heavy atom. The van der Waals surface area contributed by atoms with E-state index in [4.69, 9.17) is 4.42 Å². The van der Waals surface area contributed by atoms with Gasteiger partial charge in [-0.25, -0.2) is 0 Å². The molecule has 0 amide bonds. The molecule has 0 unspecified atom stereocenters. The first-order chi connectivity index (χ1) is 8.84. The van der Waals surface area contributed by atoms with Gasteiger partial charge in [-0.2, -0.15) is 15.4 Å². The lowest BCUT2D eigenvalue weighted by atomic mass is 10.1. The molecule has 0 aliphatic rings. The molecule has 90 valence electrons. The number of aromatic amines is 1. The highest BCUT2D eigenvalue weighted by atomic mass is 16.3. The largest absolute Gasteiger partial charge is 0.448 e. The Bertz CT molecular complexity index is 616. The topological polar surface area (TPSA) is 58.0 Å². The molecular formula is C13H12N4O. The summed E-state index contributed by atoms with van der Waals surface area (Å²) in [5.41, 5.74) is 2.87. The average molecular weight is 240 g/mol. The predicted molar refractivity (Wildman–Crippen MR) is 68.6 cm³/mol. The summed E-state index contributed by atoms with van der Waals surface area (Å²) in [7, 11) is 1.96. The third-order valence-corrected chi connectivity index (χ3v) is 2.78. The Balaban J connectivity index is 1.96. The van der Waals surface area contributed by atoms with Crippen LogP contribution in [0.5, 0.6) is 0 Å². The van der Waals surface area contributed by atoms with E-state index >= 15 is 0 Å². The SMILES string of the molecule is CN(c1cccc(-c2cn[nH]n2)c1)c1ccco1. The van der Waals surface area contributed by atoms with Gasteiger partial charge in [0.1, 0.15) is 5.69 Å². The van der Waals surface area contributed by atoms with E-state index in [-0.39, 0.29) is 0 Å². The molecule has 2 aromatic heterocycles. The van der Waals surface area contributed by atoms with Gasteiger partial charge in [-0.05, 0) is 18.2 Å². The van der Waals surface area contributed by atoms with Gasteiger partial charge in [-0.3, -0.25) is 0 Å². The van der Waals surface area contributed by atoms with Crippen molar-refractivity contribution in [2.75, 3.05) is 11.9 Å². The van der Waals surface area contributed by atoms with Crippen LogP contribution >= 0.6 is 0 Å². The highest BCUT2D eigenvalue weighted by molar-refractivity contribution is 5.67. The molecule has 0 saturated carbocycles. The summed E-state index contributed by atoms with van der Waals surface area (Å²) in [6.07, 6.45) is 3.36. The molecular weight excluding hydrogens is 228 g/mol. The van der Waals surface area contributed by atoms with Crippen LogP contribution in [0.1, 0.15) is 0 Å². The maximum Gasteiger partial charge on any atom is 0.199 e. The van der Waals surface area contributed by atoms with Crippen molar-refractivity contribution >= 4 is 11.6 Å². The fourth-order valence-electron chi connectivity index (χ4n) is 1.80. The Labute approximate surface area is 104 Å². The van der Waals surface area contributed by atoms with Crippen molar-refractivity contribution in [3.8, 4) is 11.3 Å². The highest BCUT2D eigenvalue weighted by Crippen LogP contribution is 2.27. The van der Waals surface area contributed by atoms with Gasteiger partial charge in [0.05, 0.1) is 12.5 Å². The van der Waals surface area contributed by atoms with Gasteiger partial charge in [-0.1, -0.05) is 12.1 Å². The molecule has 0 aliphatic carbocycles. The summed E-state index contributed by atoms with van der Waals surface area (Å²) in [6.45, 7) is 0. The van der Waals surface area contributed by atoms with Crippen LogP contribution < -0.4 is 4.90 Å². The van der Waals surface area contributed by atoms with Gasteiger partial charge in [-0.15, -0.1) is 0 Å². The Morgan fingerprint density at radius 2 is 2.17 bits per heavy atom. The van der Waals surface area contributed by atoms with Gasteiger partial charge in [0.25, 0.3) is 0 Å². The molecule has 18 heavy (non-hydrogen) atoms. The number of rotatable bonds is 3. The molecule has 5 nitrogen and oxygen atoms in total. The van der Waals surface area contributed by atoms with E-state index in [9.17, 15) is 0 Å². The predicted octanol–water partition coefficient (Wildman–Crippen LogP) is 2.83. The molecule has 1 N–H and O–H groups in total. The quantitative estimate of drug-likeness (QED) is 0.764. The van der Waals surface area contributed by atoms with E-state index in [0.717, 1.165) is 22.8 Å².